The number of halogens is 1. The fourth-order valence-corrected chi connectivity index (χ4v) is 1.42. The molecule has 0 spiro atoms. The fourth-order valence-electron chi connectivity index (χ4n) is 1.42. The second kappa shape index (κ2) is 8.31. The first-order valence-electron chi connectivity index (χ1n) is 6.22. The number of phenols is 1. The highest BCUT2D eigenvalue weighted by atomic mass is 19.1. The zero-order valence-corrected chi connectivity index (χ0v) is 11.0. The van der Waals surface area contributed by atoms with Gasteiger partial charge in [-0.3, -0.25) is 0 Å². The molecule has 5 nitrogen and oxygen atoms in total. The highest BCUT2D eigenvalue weighted by Crippen LogP contribution is 2.16. The van der Waals surface area contributed by atoms with Crippen molar-refractivity contribution in [2.45, 2.75) is 19.9 Å². The molecule has 19 heavy (non-hydrogen) atoms. The second-order valence-corrected chi connectivity index (χ2v) is 3.96. The molecule has 1 aromatic rings. The lowest BCUT2D eigenvalue weighted by atomic mass is 10.2. The number of benzene rings is 1. The summed E-state index contributed by atoms with van der Waals surface area (Å²) in [4.78, 5) is 4.08. The lowest BCUT2D eigenvalue weighted by molar-refractivity contribution is 0.145. The first-order valence-corrected chi connectivity index (χ1v) is 6.22. The number of phenolic OH excluding ortho intramolecular Hbond substituents is 1. The SMILES string of the molecule is CCOCCCNC(N)=NCc1ccc(O)c(F)c1. The summed E-state index contributed by atoms with van der Waals surface area (Å²) in [6, 6.07) is 4.14. The Morgan fingerprint density at radius 2 is 2.32 bits per heavy atom. The van der Waals surface area contributed by atoms with Crippen molar-refractivity contribution in [1.29, 1.82) is 0 Å². The van der Waals surface area contributed by atoms with E-state index >= 15 is 0 Å². The Labute approximate surface area is 112 Å². The average Bonchev–Trinajstić information content (AvgIpc) is 2.40. The number of guanidine groups is 1. The van der Waals surface area contributed by atoms with E-state index < -0.39 is 5.82 Å². The van der Waals surface area contributed by atoms with Crippen molar-refractivity contribution < 1.29 is 14.2 Å². The molecule has 106 valence electrons. The Morgan fingerprint density at radius 1 is 1.53 bits per heavy atom. The number of aliphatic imine (C=N–C) groups is 1. The molecule has 0 atom stereocenters. The summed E-state index contributed by atoms with van der Waals surface area (Å²) in [7, 11) is 0. The van der Waals surface area contributed by atoms with Crippen LogP contribution in [0, 0.1) is 5.82 Å². The lowest BCUT2D eigenvalue weighted by Crippen LogP contribution is -2.32. The van der Waals surface area contributed by atoms with E-state index in [2.05, 4.69) is 10.3 Å². The number of rotatable bonds is 7. The Balaban J connectivity index is 2.32. The van der Waals surface area contributed by atoms with Gasteiger partial charge < -0.3 is 20.9 Å². The van der Waals surface area contributed by atoms with Crippen molar-refractivity contribution in [3.63, 3.8) is 0 Å². The molecule has 4 N–H and O–H groups in total. The molecule has 0 radical (unpaired) electrons. The first-order chi connectivity index (χ1) is 9.13. The third kappa shape index (κ3) is 6.05. The molecular formula is C13H20FN3O2. The van der Waals surface area contributed by atoms with Gasteiger partial charge in [0, 0.05) is 19.8 Å². The maximum absolute atomic E-state index is 13.1. The standard InChI is InChI=1S/C13H20FN3O2/c1-2-19-7-3-6-16-13(15)17-9-10-4-5-12(18)11(14)8-10/h4-5,8,18H,2-3,6-7,9H2,1H3,(H3,15,16,17). The number of nitrogens with zero attached hydrogens (tertiary/aromatic N) is 1. The topological polar surface area (TPSA) is 79.9 Å². The molecular weight excluding hydrogens is 249 g/mol. The van der Waals surface area contributed by atoms with E-state index in [4.69, 9.17) is 15.6 Å². The third-order valence-corrected chi connectivity index (χ3v) is 2.42. The number of ether oxygens (including phenoxy) is 1. The lowest BCUT2D eigenvalue weighted by Gasteiger charge is -2.06. The number of hydrogen-bond acceptors (Lipinski definition) is 3. The van der Waals surface area contributed by atoms with Crippen LogP contribution >= 0.6 is 0 Å². The molecule has 0 bridgehead atoms. The third-order valence-electron chi connectivity index (χ3n) is 2.42. The minimum atomic E-state index is -0.657. The van der Waals surface area contributed by atoms with Crippen molar-refractivity contribution >= 4 is 5.96 Å². The van der Waals surface area contributed by atoms with Gasteiger partial charge in [-0.15, -0.1) is 0 Å². The summed E-state index contributed by atoms with van der Waals surface area (Å²) in [5, 5.41) is 12.0. The van der Waals surface area contributed by atoms with Crippen LogP contribution in [0.5, 0.6) is 5.75 Å². The quantitative estimate of drug-likeness (QED) is 0.397. The maximum atomic E-state index is 13.1. The molecule has 0 unspecified atom stereocenters. The van der Waals surface area contributed by atoms with E-state index in [1.54, 1.807) is 6.07 Å². The van der Waals surface area contributed by atoms with Crippen LogP contribution in [0.3, 0.4) is 0 Å². The number of hydrogen-bond donors (Lipinski definition) is 3. The van der Waals surface area contributed by atoms with Crippen LogP contribution in [0.15, 0.2) is 23.2 Å². The van der Waals surface area contributed by atoms with Crippen molar-refractivity contribution in [3.8, 4) is 5.75 Å². The number of nitrogens with two attached hydrogens (primary N) is 1. The summed E-state index contributed by atoms with van der Waals surface area (Å²) in [6.07, 6.45) is 0.845. The van der Waals surface area contributed by atoms with Gasteiger partial charge in [-0.2, -0.15) is 0 Å². The monoisotopic (exact) mass is 269 g/mol. The Hall–Kier alpha value is -1.82. The van der Waals surface area contributed by atoms with Crippen molar-refractivity contribution in [2.75, 3.05) is 19.8 Å². The minimum absolute atomic E-state index is 0.265. The van der Waals surface area contributed by atoms with Gasteiger partial charge in [0.25, 0.3) is 0 Å². The highest BCUT2D eigenvalue weighted by molar-refractivity contribution is 5.77. The minimum Gasteiger partial charge on any atom is -0.505 e. The van der Waals surface area contributed by atoms with Crippen LogP contribution < -0.4 is 11.1 Å². The van der Waals surface area contributed by atoms with Gasteiger partial charge in [0.05, 0.1) is 6.54 Å². The van der Waals surface area contributed by atoms with Crippen LogP contribution in [-0.4, -0.2) is 30.8 Å². The van der Waals surface area contributed by atoms with Gasteiger partial charge in [0.15, 0.2) is 17.5 Å². The summed E-state index contributed by atoms with van der Waals surface area (Å²) in [6.45, 7) is 4.27. The average molecular weight is 269 g/mol. The molecule has 0 fully saturated rings. The van der Waals surface area contributed by atoms with Crippen LogP contribution in [0.25, 0.3) is 0 Å². The molecule has 0 saturated heterocycles. The van der Waals surface area contributed by atoms with Crippen molar-refractivity contribution in [2.24, 2.45) is 10.7 Å². The molecule has 1 rings (SSSR count). The normalized spacial score (nSPS) is 11.6. The van der Waals surface area contributed by atoms with Gasteiger partial charge in [-0.25, -0.2) is 9.38 Å². The molecule has 0 amide bonds. The Kier molecular flexibility index (Phi) is 6.67. The van der Waals surface area contributed by atoms with E-state index in [1.807, 2.05) is 6.92 Å². The van der Waals surface area contributed by atoms with E-state index in [0.29, 0.717) is 31.3 Å². The van der Waals surface area contributed by atoms with E-state index in [-0.39, 0.29) is 12.3 Å². The van der Waals surface area contributed by atoms with Gasteiger partial charge in [-0.05, 0) is 31.0 Å². The fraction of sp³-hybridized carbons (Fsp3) is 0.462. The maximum Gasteiger partial charge on any atom is 0.188 e. The van der Waals surface area contributed by atoms with Crippen molar-refractivity contribution in [1.82, 2.24) is 5.32 Å². The summed E-state index contributed by atoms with van der Waals surface area (Å²) in [5.74, 6) is -0.712. The molecule has 0 aromatic heterocycles. The van der Waals surface area contributed by atoms with E-state index in [9.17, 15) is 4.39 Å². The summed E-state index contributed by atoms with van der Waals surface area (Å²) < 4.78 is 18.2. The smallest absolute Gasteiger partial charge is 0.188 e. The van der Waals surface area contributed by atoms with Gasteiger partial charge in [0.1, 0.15) is 0 Å². The molecule has 0 aliphatic heterocycles. The van der Waals surface area contributed by atoms with Crippen LogP contribution in [0.4, 0.5) is 4.39 Å². The molecule has 6 heteroatoms. The molecule has 0 aliphatic carbocycles. The number of aromatic hydroxyl groups is 1. The molecule has 1 aromatic carbocycles. The van der Waals surface area contributed by atoms with Crippen LogP contribution in [-0.2, 0) is 11.3 Å². The Morgan fingerprint density at radius 3 is 3.00 bits per heavy atom. The van der Waals surface area contributed by atoms with Crippen LogP contribution in [0.2, 0.25) is 0 Å². The summed E-state index contributed by atoms with van der Waals surface area (Å²) >= 11 is 0. The van der Waals surface area contributed by atoms with Crippen LogP contribution in [0.1, 0.15) is 18.9 Å². The Bertz CT molecular complexity index is 424. The van der Waals surface area contributed by atoms with Gasteiger partial charge in [0.2, 0.25) is 0 Å². The van der Waals surface area contributed by atoms with E-state index in [1.165, 1.54) is 12.1 Å². The van der Waals surface area contributed by atoms with Gasteiger partial charge in [-0.1, -0.05) is 6.07 Å². The predicted octanol–water partition coefficient (Wildman–Crippen LogP) is 1.36. The first kappa shape index (κ1) is 15.2. The molecule has 0 saturated carbocycles. The highest BCUT2D eigenvalue weighted by Gasteiger charge is 2.01. The van der Waals surface area contributed by atoms with Crippen molar-refractivity contribution in [3.05, 3.63) is 29.6 Å². The second-order valence-electron chi connectivity index (χ2n) is 3.96. The largest absolute Gasteiger partial charge is 0.505 e. The zero-order chi connectivity index (χ0) is 14.1. The predicted molar refractivity (Wildman–Crippen MR) is 72.5 cm³/mol. The summed E-state index contributed by atoms with van der Waals surface area (Å²) in [5.41, 5.74) is 6.31. The number of nitrogens with one attached hydrogen (secondary N) is 1. The molecule has 0 heterocycles. The zero-order valence-electron chi connectivity index (χ0n) is 11.0. The molecule has 0 aliphatic rings. The van der Waals surface area contributed by atoms with Gasteiger partial charge >= 0.3 is 0 Å². The van der Waals surface area contributed by atoms with E-state index in [0.717, 1.165) is 6.42 Å².